The molecule has 220 valence electrons. The molecule has 0 aliphatic heterocycles. The molecule has 0 bridgehead atoms. The van der Waals surface area contributed by atoms with E-state index in [0.717, 1.165) is 42.6 Å². The normalized spacial score (nSPS) is 11.6. The van der Waals surface area contributed by atoms with Crippen LogP contribution in [-0.2, 0) is 4.79 Å². The summed E-state index contributed by atoms with van der Waals surface area (Å²) >= 11 is 0. The van der Waals surface area contributed by atoms with E-state index in [1.807, 2.05) is 42.5 Å². The van der Waals surface area contributed by atoms with Gasteiger partial charge in [-0.15, -0.1) is 0 Å². The zero-order valence-electron chi connectivity index (χ0n) is 25.0. The van der Waals surface area contributed by atoms with Gasteiger partial charge in [0.1, 0.15) is 17.2 Å². The lowest BCUT2D eigenvalue weighted by Crippen LogP contribution is -2.12. The molecule has 0 aliphatic carbocycles. The number of benzene rings is 3. The summed E-state index contributed by atoms with van der Waals surface area (Å²) in [7, 11) is 0. The third kappa shape index (κ3) is 11.4. The van der Waals surface area contributed by atoms with Crippen LogP contribution in [0.4, 0.5) is 0 Å². The van der Waals surface area contributed by atoms with Crippen molar-refractivity contribution in [1.82, 2.24) is 0 Å². The fourth-order valence-electron chi connectivity index (χ4n) is 4.75. The van der Waals surface area contributed by atoms with Gasteiger partial charge in [-0.25, -0.2) is 4.79 Å². The highest BCUT2D eigenvalue weighted by atomic mass is 16.5. The molecular formula is C36H46O5. The number of hydrogen-bond acceptors (Lipinski definition) is 5. The van der Waals surface area contributed by atoms with Crippen LogP contribution in [0.5, 0.6) is 17.2 Å². The molecule has 0 fully saturated rings. The molecule has 5 nitrogen and oxygen atoms in total. The van der Waals surface area contributed by atoms with Crippen LogP contribution in [-0.4, -0.2) is 18.0 Å². The summed E-state index contributed by atoms with van der Waals surface area (Å²) in [6, 6.07) is 21.8. The van der Waals surface area contributed by atoms with E-state index in [0.29, 0.717) is 23.5 Å². The molecule has 0 heterocycles. The molecule has 3 rings (SSSR count). The minimum atomic E-state index is -0.438. The lowest BCUT2D eigenvalue weighted by atomic mass is 9.99. The van der Waals surface area contributed by atoms with Crippen molar-refractivity contribution < 1.29 is 23.8 Å². The highest BCUT2D eigenvalue weighted by Gasteiger charge is 2.15. The standard InChI is InChI=1S/C36H46O5/c1-4-6-8-9-10-11-13-19-35(37)40-31-22-20-29(21-23-31)33-17-14-15-18-34(33)36(38)41-32-26-24-30(25-27-32)39-28(3)16-12-7-5-2/h14-15,17-18,20-28H,4-13,16,19H2,1-3H3. The van der Waals surface area contributed by atoms with Crippen LogP contribution in [0.25, 0.3) is 11.1 Å². The Labute approximate surface area is 246 Å². The summed E-state index contributed by atoms with van der Waals surface area (Å²) in [5, 5.41) is 0. The minimum absolute atomic E-state index is 0.141. The van der Waals surface area contributed by atoms with E-state index in [1.54, 1.807) is 30.3 Å². The molecule has 1 unspecified atom stereocenters. The van der Waals surface area contributed by atoms with Gasteiger partial charge in [-0.3, -0.25) is 4.79 Å². The second kappa shape index (κ2) is 18.0. The number of rotatable bonds is 18. The SMILES string of the molecule is CCCCCCCCCC(=O)Oc1ccc(-c2ccccc2C(=O)Oc2ccc(OC(C)CCCCC)cc2)cc1. The first kappa shape index (κ1) is 31.9. The number of esters is 2. The van der Waals surface area contributed by atoms with Gasteiger partial charge in [-0.05, 0) is 79.8 Å². The summed E-state index contributed by atoms with van der Waals surface area (Å²) in [5.41, 5.74) is 2.05. The molecule has 5 heteroatoms. The molecule has 0 amide bonds. The molecule has 1 atom stereocenters. The fraction of sp³-hybridized carbons (Fsp3) is 0.444. The van der Waals surface area contributed by atoms with Crippen molar-refractivity contribution in [3.63, 3.8) is 0 Å². The smallest absolute Gasteiger partial charge is 0.344 e. The third-order valence-electron chi connectivity index (χ3n) is 7.11. The Morgan fingerprint density at radius 2 is 1.20 bits per heavy atom. The number of carbonyl (C=O) groups is 2. The van der Waals surface area contributed by atoms with E-state index >= 15 is 0 Å². The largest absolute Gasteiger partial charge is 0.491 e. The monoisotopic (exact) mass is 558 g/mol. The first-order valence-electron chi connectivity index (χ1n) is 15.4. The van der Waals surface area contributed by atoms with Crippen LogP contribution in [0.3, 0.4) is 0 Å². The van der Waals surface area contributed by atoms with E-state index in [2.05, 4.69) is 20.8 Å². The average molecular weight is 559 g/mol. The van der Waals surface area contributed by atoms with Gasteiger partial charge < -0.3 is 14.2 Å². The van der Waals surface area contributed by atoms with Gasteiger partial charge in [0.05, 0.1) is 11.7 Å². The number of ether oxygens (including phenoxy) is 3. The topological polar surface area (TPSA) is 61.8 Å². The van der Waals surface area contributed by atoms with E-state index in [1.165, 1.54) is 44.9 Å². The summed E-state index contributed by atoms with van der Waals surface area (Å²) in [5.74, 6) is 1.07. The van der Waals surface area contributed by atoms with Crippen molar-refractivity contribution in [2.24, 2.45) is 0 Å². The molecule has 3 aromatic carbocycles. The van der Waals surface area contributed by atoms with E-state index in [-0.39, 0.29) is 12.1 Å². The van der Waals surface area contributed by atoms with Gasteiger partial charge in [-0.2, -0.15) is 0 Å². The maximum atomic E-state index is 13.1. The van der Waals surface area contributed by atoms with Gasteiger partial charge in [-0.1, -0.05) is 95.5 Å². The second-order valence-electron chi connectivity index (χ2n) is 10.7. The maximum Gasteiger partial charge on any atom is 0.344 e. The lowest BCUT2D eigenvalue weighted by Gasteiger charge is -2.15. The molecule has 0 N–H and O–H groups in total. The molecule has 0 spiro atoms. The highest BCUT2D eigenvalue weighted by Crippen LogP contribution is 2.28. The summed E-state index contributed by atoms with van der Waals surface area (Å²) < 4.78 is 17.2. The second-order valence-corrected chi connectivity index (χ2v) is 10.7. The van der Waals surface area contributed by atoms with Gasteiger partial charge in [0, 0.05) is 6.42 Å². The summed E-state index contributed by atoms with van der Waals surface area (Å²) in [6.07, 6.45) is 13.2. The maximum absolute atomic E-state index is 13.1. The molecule has 0 saturated carbocycles. The van der Waals surface area contributed by atoms with Gasteiger partial charge in [0.15, 0.2) is 0 Å². The Bertz CT molecular complexity index is 1180. The van der Waals surface area contributed by atoms with E-state index in [4.69, 9.17) is 14.2 Å². The molecule has 0 saturated heterocycles. The third-order valence-corrected chi connectivity index (χ3v) is 7.11. The highest BCUT2D eigenvalue weighted by molar-refractivity contribution is 5.98. The number of carbonyl (C=O) groups excluding carboxylic acids is 2. The van der Waals surface area contributed by atoms with Crippen LogP contribution < -0.4 is 14.2 Å². The first-order chi connectivity index (χ1) is 20.0. The zero-order chi connectivity index (χ0) is 29.3. The van der Waals surface area contributed by atoms with Crippen LogP contribution in [0.1, 0.15) is 108 Å². The van der Waals surface area contributed by atoms with Crippen molar-refractivity contribution >= 4 is 11.9 Å². The van der Waals surface area contributed by atoms with Crippen LogP contribution in [0.15, 0.2) is 72.8 Å². The molecule has 0 aliphatic rings. The predicted molar refractivity (Wildman–Crippen MR) is 166 cm³/mol. The zero-order valence-corrected chi connectivity index (χ0v) is 25.0. The quantitative estimate of drug-likeness (QED) is 0.0883. The minimum Gasteiger partial charge on any atom is -0.491 e. The van der Waals surface area contributed by atoms with Crippen molar-refractivity contribution in [2.75, 3.05) is 0 Å². The summed E-state index contributed by atoms with van der Waals surface area (Å²) in [6.45, 7) is 6.48. The van der Waals surface area contributed by atoms with Crippen molar-refractivity contribution in [1.29, 1.82) is 0 Å². The fourth-order valence-corrected chi connectivity index (χ4v) is 4.75. The van der Waals surface area contributed by atoms with Crippen LogP contribution in [0, 0.1) is 0 Å². The van der Waals surface area contributed by atoms with Crippen LogP contribution >= 0.6 is 0 Å². The molecular weight excluding hydrogens is 512 g/mol. The number of hydrogen-bond donors (Lipinski definition) is 0. The van der Waals surface area contributed by atoms with Crippen molar-refractivity contribution in [2.45, 2.75) is 104 Å². The van der Waals surface area contributed by atoms with Crippen LogP contribution in [0.2, 0.25) is 0 Å². The van der Waals surface area contributed by atoms with Gasteiger partial charge in [0.2, 0.25) is 0 Å². The van der Waals surface area contributed by atoms with Gasteiger partial charge in [0.25, 0.3) is 0 Å². The molecule has 0 aromatic heterocycles. The lowest BCUT2D eigenvalue weighted by molar-refractivity contribution is -0.134. The molecule has 41 heavy (non-hydrogen) atoms. The Morgan fingerprint density at radius 3 is 1.90 bits per heavy atom. The molecule has 3 aromatic rings. The Hall–Kier alpha value is -3.60. The Balaban J connectivity index is 1.53. The average Bonchev–Trinajstić information content (AvgIpc) is 2.98. The van der Waals surface area contributed by atoms with Gasteiger partial charge >= 0.3 is 11.9 Å². The van der Waals surface area contributed by atoms with Crippen molar-refractivity contribution in [3.05, 3.63) is 78.4 Å². The van der Waals surface area contributed by atoms with E-state index < -0.39 is 5.97 Å². The summed E-state index contributed by atoms with van der Waals surface area (Å²) in [4.78, 5) is 25.4. The first-order valence-corrected chi connectivity index (χ1v) is 15.4. The predicted octanol–water partition coefficient (Wildman–Crippen LogP) is 9.97. The Kier molecular flexibility index (Phi) is 14.0. The number of unbranched alkanes of at least 4 members (excludes halogenated alkanes) is 8. The van der Waals surface area contributed by atoms with E-state index in [9.17, 15) is 9.59 Å². The Morgan fingerprint density at radius 1 is 0.634 bits per heavy atom. The molecule has 0 radical (unpaired) electrons. The van der Waals surface area contributed by atoms with Crippen molar-refractivity contribution in [3.8, 4) is 28.4 Å².